The highest BCUT2D eigenvalue weighted by atomic mass is 16.5. The Balaban J connectivity index is 2.28. The lowest BCUT2D eigenvalue weighted by molar-refractivity contribution is 0.310. The average molecular weight is 205 g/mol. The molecular formula is C13H19NO. The zero-order valence-electron chi connectivity index (χ0n) is 9.62. The third-order valence-corrected chi connectivity index (χ3v) is 3.09. The van der Waals surface area contributed by atoms with E-state index in [2.05, 4.69) is 30.1 Å². The second kappa shape index (κ2) is 4.67. The van der Waals surface area contributed by atoms with Crippen LogP contribution in [0.25, 0.3) is 0 Å². The lowest BCUT2D eigenvalue weighted by Gasteiger charge is -2.22. The molecule has 0 fully saturated rings. The molecule has 0 aromatic heterocycles. The van der Waals surface area contributed by atoms with Gasteiger partial charge in [-0.05, 0) is 56.1 Å². The molecule has 0 unspecified atom stereocenters. The van der Waals surface area contributed by atoms with Gasteiger partial charge in [-0.2, -0.15) is 0 Å². The largest absolute Gasteiger partial charge is 0.497 e. The molecule has 1 aliphatic rings. The third-order valence-electron chi connectivity index (χ3n) is 3.09. The Kier molecular flexibility index (Phi) is 3.27. The van der Waals surface area contributed by atoms with Crippen molar-refractivity contribution in [2.45, 2.75) is 25.8 Å². The van der Waals surface area contributed by atoms with Crippen LogP contribution in [0, 0.1) is 0 Å². The lowest BCUT2D eigenvalue weighted by atomic mass is 9.99. The van der Waals surface area contributed by atoms with E-state index in [0.717, 1.165) is 12.3 Å². The number of fused-ring (bicyclic) bond motifs is 1. The first kappa shape index (κ1) is 10.5. The van der Waals surface area contributed by atoms with Gasteiger partial charge in [0.05, 0.1) is 7.11 Å². The van der Waals surface area contributed by atoms with Gasteiger partial charge in [0.1, 0.15) is 5.75 Å². The van der Waals surface area contributed by atoms with E-state index < -0.39 is 0 Å². The van der Waals surface area contributed by atoms with E-state index in [-0.39, 0.29) is 0 Å². The number of benzene rings is 1. The Labute approximate surface area is 91.9 Å². The van der Waals surface area contributed by atoms with Crippen LogP contribution in [0.4, 0.5) is 0 Å². The van der Waals surface area contributed by atoms with Crippen LogP contribution in [0.15, 0.2) is 18.2 Å². The maximum absolute atomic E-state index is 5.27. The predicted molar refractivity (Wildman–Crippen MR) is 62.3 cm³/mol. The highest BCUT2D eigenvalue weighted by Crippen LogP contribution is 2.22. The van der Waals surface area contributed by atoms with E-state index in [9.17, 15) is 0 Å². The molecule has 0 aliphatic carbocycles. The molecule has 0 saturated heterocycles. The molecule has 0 atom stereocenters. The third kappa shape index (κ3) is 2.51. The zero-order chi connectivity index (χ0) is 10.7. The van der Waals surface area contributed by atoms with E-state index in [1.807, 2.05) is 0 Å². The summed E-state index contributed by atoms with van der Waals surface area (Å²) >= 11 is 0. The molecular weight excluding hydrogens is 186 g/mol. The number of methoxy groups -OCH3 is 1. The molecule has 1 aromatic rings. The topological polar surface area (TPSA) is 12.5 Å². The average Bonchev–Trinajstić information content (AvgIpc) is 2.22. The van der Waals surface area contributed by atoms with Crippen LogP contribution in [0.1, 0.15) is 24.0 Å². The van der Waals surface area contributed by atoms with Crippen molar-refractivity contribution in [3.05, 3.63) is 29.3 Å². The Morgan fingerprint density at radius 3 is 2.87 bits per heavy atom. The smallest absolute Gasteiger partial charge is 0.119 e. The molecule has 82 valence electrons. The minimum absolute atomic E-state index is 0.975. The molecule has 0 radical (unpaired) electrons. The van der Waals surface area contributed by atoms with E-state index in [1.165, 1.54) is 36.9 Å². The van der Waals surface area contributed by atoms with Gasteiger partial charge in [-0.1, -0.05) is 6.07 Å². The molecule has 0 N–H and O–H groups in total. The second-order valence-electron chi connectivity index (χ2n) is 4.33. The molecule has 1 heterocycles. The maximum Gasteiger partial charge on any atom is 0.119 e. The van der Waals surface area contributed by atoms with Crippen LogP contribution >= 0.6 is 0 Å². The van der Waals surface area contributed by atoms with Crippen LogP contribution in [-0.2, 0) is 13.0 Å². The summed E-state index contributed by atoms with van der Waals surface area (Å²) < 4.78 is 5.27. The summed E-state index contributed by atoms with van der Waals surface area (Å²) in [6.45, 7) is 2.25. The van der Waals surface area contributed by atoms with E-state index in [0.29, 0.717) is 0 Å². The Morgan fingerprint density at radius 1 is 1.20 bits per heavy atom. The van der Waals surface area contributed by atoms with Crippen LogP contribution in [0.5, 0.6) is 5.75 Å². The summed E-state index contributed by atoms with van der Waals surface area (Å²) in [5, 5.41) is 0. The molecule has 15 heavy (non-hydrogen) atoms. The maximum atomic E-state index is 5.27. The SMILES string of the molecule is COc1ccc2c(c1)CN(C)CCCC2. The zero-order valence-corrected chi connectivity index (χ0v) is 9.62. The van der Waals surface area contributed by atoms with E-state index in [1.54, 1.807) is 7.11 Å². The Morgan fingerprint density at radius 2 is 2.07 bits per heavy atom. The van der Waals surface area contributed by atoms with Crippen molar-refractivity contribution in [1.29, 1.82) is 0 Å². The van der Waals surface area contributed by atoms with Crippen LogP contribution in [-0.4, -0.2) is 25.6 Å². The molecule has 0 saturated carbocycles. The summed E-state index contributed by atoms with van der Waals surface area (Å²) in [7, 11) is 3.92. The van der Waals surface area contributed by atoms with Crippen molar-refractivity contribution in [3.63, 3.8) is 0 Å². The van der Waals surface area contributed by atoms with Crippen LogP contribution in [0.2, 0.25) is 0 Å². The first-order valence-electron chi connectivity index (χ1n) is 5.64. The summed E-state index contributed by atoms with van der Waals surface area (Å²) in [5.74, 6) is 0.975. The van der Waals surface area contributed by atoms with E-state index in [4.69, 9.17) is 4.74 Å². The van der Waals surface area contributed by atoms with Crippen molar-refractivity contribution in [3.8, 4) is 5.75 Å². The minimum Gasteiger partial charge on any atom is -0.497 e. The number of hydrogen-bond donors (Lipinski definition) is 0. The molecule has 1 aromatic carbocycles. The molecule has 0 bridgehead atoms. The van der Waals surface area contributed by atoms with Gasteiger partial charge in [-0.3, -0.25) is 0 Å². The number of hydrogen-bond acceptors (Lipinski definition) is 2. The first-order chi connectivity index (χ1) is 7.29. The van der Waals surface area contributed by atoms with Crippen molar-refractivity contribution >= 4 is 0 Å². The first-order valence-corrected chi connectivity index (χ1v) is 5.64. The summed E-state index contributed by atoms with van der Waals surface area (Å²) in [4.78, 5) is 2.39. The van der Waals surface area contributed by atoms with Crippen LogP contribution < -0.4 is 4.74 Å². The van der Waals surface area contributed by atoms with Gasteiger partial charge >= 0.3 is 0 Å². The summed E-state index contributed by atoms with van der Waals surface area (Å²) in [6.07, 6.45) is 3.82. The fraction of sp³-hybridized carbons (Fsp3) is 0.538. The van der Waals surface area contributed by atoms with Gasteiger partial charge in [0.2, 0.25) is 0 Å². The summed E-state index contributed by atoms with van der Waals surface area (Å²) in [5.41, 5.74) is 2.92. The van der Waals surface area contributed by atoms with Gasteiger partial charge in [0.15, 0.2) is 0 Å². The van der Waals surface area contributed by atoms with Crippen molar-refractivity contribution in [2.75, 3.05) is 20.7 Å². The lowest BCUT2D eigenvalue weighted by Crippen LogP contribution is -2.22. The summed E-state index contributed by atoms with van der Waals surface area (Å²) in [6, 6.07) is 6.46. The van der Waals surface area contributed by atoms with Crippen molar-refractivity contribution < 1.29 is 4.74 Å². The second-order valence-corrected chi connectivity index (χ2v) is 4.33. The molecule has 0 spiro atoms. The molecule has 2 nitrogen and oxygen atoms in total. The number of aryl methyl sites for hydroxylation is 1. The highest BCUT2D eigenvalue weighted by molar-refractivity contribution is 5.36. The number of rotatable bonds is 1. The molecule has 0 amide bonds. The molecule has 2 rings (SSSR count). The normalized spacial score (nSPS) is 17.7. The Bertz CT molecular complexity index is 335. The number of nitrogens with zero attached hydrogens (tertiary/aromatic N) is 1. The van der Waals surface area contributed by atoms with E-state index >= 15 is 0 Å². The Hall–Kier alpha value is -1.02. The van der Waals surface area contributed by atoms with Crippen LogP contribution in [0.3, 0.4) is 0 Å². The fourth-order valence-electron chi connectivity index (χ4n) is 2.19. The number of ether oxygens (including phenoxy) is 1. The van der Waals surface area contributed by atoms with Gasteiger partial charge in [0.25, 0.3) is 0 Å². The predicted octanol–water partition coefficient (Wildman–Crippen LogP) is 2.46. The van der Waals surface area contributed by atoms with Gasteiger partial charge in [-0.25, -0.2) is 0 Å². The van der Waals surface area contributed by atoms with Gasteiger partial charge in [-0.15, -0.1) is 0 Å². The molecule has 1 aliphatic heterocycles. The van der Waals surface area contributed by atoms with Gasteiger partial charge in [0, 0.05) is 6.54 Å². The van der Waals surface area contributed by atoms with Crippen molar-refractivity contribution in [1.82, 2.24) is 4.90 Å². The minimum atomic E-state index is 0.975. The molecule has 2 heteroatoms. The highest BCUT2D eigenvalue weighted by Gasteiger charge is 2.10. The quantitative estimate of drug-likeness (QED) is 0.698. The standard InChI is InChI=1S/C13H19NO/c1-14-8-4-3-5-11-6-7-13(15-2)9-12(11)10-14/h6-7,9H,3-5,8,10H2,1-2H3. The van der Waals surface area contributed by atoms with Gasteiger partial charge < -0.3 is 9.64 Å². The fourth-order valence-corrected chi connectivity index (χ4v) is 2.19. The van der Waals surface area contributed by atoms with Crippen molar-refractivity contribution in [2.24, 2.45) is 0 Å². The monoisotopic (exact) mass is 205 g/mol.